The SMILES string of the molecule is Cl.Cn1c(CNC(C)(C)C)cc2cc3c(cc21)CCCc1cc(C(=O)O)c(=O)[nH]c1-3. The minimum atomic E-state index is -1.19. The van der Waals surface area contributed by atoms with Gasteiger partial charge < -0.3 is 20.0 Å². The standard InChI is InChI=1S/C23H27N3O3.ClH/c1-23(2,3)24-12-16-8-15-10-17-13(11-19(15)26(16)4)6-5-7-14-9-18(22(28)29)21(27)25-20(14)17;/h8-11,24H,5-7,12H2,1-4H3,(H,25,27)(H,28,29);1H. The molecular weight excluding hydrogens is 402 g/mol. The lowest BCUT2D eigenvalue weighted by molar-refractivity contribution is 0.0695. The molecule has 160 valence electrons. The third-order valence-corrected chi connectivity index (χ3v) is 5.68. The molecule has 3 aromatic rings. The number of aromatic amines is 1. The Hall–Kier alpha value is -2.57. The molecule has 0 atom stereocenters. The van der Waals surface area contributed by atoms with Crippen LogP contribution in [0.15, 0.2) is 29.1 Å². The molecule has 1 aliphatic carbocycles. The van der Waals surface area contributed by atoms with Crippen LogP contribution in [-0.4, -0.2) is 26.2 Å². The predicted octanol–water partition coefficient (Wildman–Crippen LogP) is 4.03. The van der Waals surface area contributed by atoms with Crippen molar-refractivity contribution in [3.05, 3.63) is 57.0 Å². The first-order chi connectivity index (χ1) is 13.6. The highest BCUT2D eigenvalue weighted by molar-refractivity contribution is 5.90. The second-order valence-electron chi connectivity index (χ2n) is 8.94. The Labute approximate surface area is 181 Å². The van der Waals surface area contributed by atoms with E-state index in [-0.39, 0.29) is 23.5 Å². The molecule has 3 N–H and O–H groups in total. The number of carboxylic acid groups (broad SMARTS) is 1. The molecule has 0 spiro atoms. The van der Waals surface area contributed by atoms with Crippen molar-refractivity contribution in [2.24, 2.45) is 7.05 Å². The second kappa shape index (κ2) is 7.93. The van der Waals surface area contributed by atoms with E-state index in [1.807, 2.05) is 0 Å². The van der Waals surface area contributed by atoms with Gasteiger partial charge in [-0.15, -0.1) is 12.4 Å². The van der Waals surface area contributed by atoms with E-state index in [9.17, 15) is 14.7 Å². The number of H-pyrrole nitrogens is 1. The maximum Gasteiger partial charge on any atom is 0.341 e. The van der Waals surface area contributed by atoms with Gasteiger partial charge in [-0.05, 0) is 75.4 Å². The molecule has 0 unspecified atom stereocenters. The average molecular weight is 430 g/mol. The number of rotatable bonds is 3. The van der Waals surface area contributed by atoms with E-state index >= 15 is 0 Å². The third kappa shape index (κ3) is 4.02. The van der Waals surface area contributed by atoms with Crippen molar-refractivity contribution in [3.8, 4) is 11.3 Å². The molecule has 0 radical (unpaired) electrons. The summed E-state index contributed by atoms with van der Waals surface area (Å²) in [6, 6.07) is 8.07. The van der Waals surface area contributed by atoms with E-state index in [0.29, 0.717) is 0 Å². The highest BCUT2D eigenvalue weighted by atomic mass is 35.5. The van der Waals surface area contributed by atoms with E-state index < -0.39 is 11.5 Å². The minimum absolute atomic E-state index is 0. The summed E-state index contributed by atoms with van der Waals surface area (Å²) < 4.78 is 2.22. The van der Waals surface area contributed by atoms with Crippen LogP contribution in [0.2, 0.25) is 0 Å². The second-order valence-corrected chi connectivity index (χ2v) is 8.94. The van der Waals surface area contributed by atoms with Crippen molar-refractivity contribution in [1.82, 2.24) is 14.9 Å². The van der Waals surface area contributed by atoms with Crippen LogP contribution in [0.4, 0.5) is 0 Å². The van der Waals surface area contributed by atoms with E-state index in [1.165, 1.54) is 16.8 Å². The zero-order valence-corrected chi connectivity index (χ0v) is 18.6. The molecule has 0 fully saturated rings. The van der Waals surface area contributed by atoms with Crippen LogP contribution in [0.25, 0.3) is 22.2 Å². The van der Waals surface area contributed by atoms with Gasteiger partial charge in [-0.25, -0.2) is 4.79 Å². The number of nitrogens with one attached hydrogen (secondary N) is 2. The van der Waals surface area contributed by atoms with Gasteiger partial charge in [-0.3, -0.25) is 4.79 Å². The van der Waals surface area contributed by atoms with Gasteiger partial charge in [0, 0.05) is 41.3 Å². The van der Waals surface area contributed by atoms with Crippen molar-refractivity contribution in [2.75, 3.05) is 0 Å². The number of fused-ring (bicyclic) bond motifs is 4. The molecule has 1 aliphatic rings. The Morgan fingerprint density at radius 2 is 1.87 bits per heavy atom. The first kappa shape index (κ1) is 22.1. The van der Waals surface area contributed by atoms with Gasteiger partial charge in [0.05, 0.1) is 5.69 Å². The van der Waals surface area contributed by atoms with Gasteiger partial charge in [0.2, 0.25) is 0 Å². The number of nitrogens with zero attached hydrogens (tertiary/aromatic N) is 1. The van der Waals surface area contributed by atoms with Gasteiger partial charge in [-0.1, -0.05) is 0 Å². The number of hydrogen-bond donors (Lipinski definition) is 3. The molecule has 4 rings (SSSR count). The highest BCUT2D eigenvalue weighted by Crippen LogP contribution is 2.34. The Morgan fingerprint density at radius 1 is 1.17 bits per heavy atom. The summed E-state index contributed by atoms with van der Waals surface area (Å²) in [6.45, 7) is 7.22. The molecule has 1 aromatic carbocycles. The fraction of sp³-hybridized carbons (Fsp3) is 0.391. The number of benzene rings is 1. The van der Waals surface area contributed by atoms with Crippen molar-refractivity contribution in [2.45, 2.75) is 52.1 Å². The number of hydrogen-bond acceptors (Lipinski definition) is 3. The van der Waals surface area contributed by atoms with E-state index in [1.54, 1.807) is 6.07 Å². The van der Waals surface area contributed by atoms with Crippen LogP contribution in [0.5, 0.6) is 0 Å². The summed E-state index contributed by atoms with van der Waals surface area (Å²) in [5, 5.41) is 13.9. The number of carboxylic acids is 1. The summed E-state index contributed by atoms with van der Waals surface area (Å²) in [4.78, 5) is 26.5. The van der Waals surface area contributed by atoms with Gasteiger partial charge >= 0.3 is 5.97 Å². The van der Waals surface area contributed by atoms with Crippen molar-refractivity contribution in [1.29, 1.82) is 0 Å². The summed E-state index contributed by atoms with van der Waals surface area (Å²) in [5.41, 5.74) is 5.50. The first-order valence-corrected chi connectivity index (χ1v) is 10.00. The molecule has 30 heavy (non-hydrogen) atoms. The lowest BCUT2D eigenvalue weighted by Gasteiger charge is -2.20. The molecule has 0 saturated heterocycles. The van der Waals surface area contributed by atoms with Gasteiger partial charge in [0.15, 0.2) is 0 Å². The molecule has 7 heteroatoms. The van der Waals surface area contributed by atoms with E-state index in [2.05, 4.69) is 60.9 Å². The Balaban J connectivity index is 0.00000256. The lowest BCUT2D eigenvalue weighted by Crippen LogP contribution is -2.35. The normalized spacial score (nSPS) is 13.3. The number of halogens is 1. The highest BCUT2D eigenvalue weighted by Gasteiger charge is 2.21. The molecular formula is C23H28ClN3O3. The fourth-order valence-corrected chi connectivity index (χ4v) is 4.09. The van der Waals surface area contributed by atoms with Gasteiger partial charge in [0.25, 0.3) is 5.56 Å². The molecule has 0 amide bonds. The van der Waals surface area contributed by atoms with Crippen LogP contribution in [0.1, 0.15) is 54.4 Å². The summed E-state index contributed by atoms with van der Waals surface area (Å²) in [7, 11) is 2.08. The number of carbonyl (C=O) groups is 1. The Bertz CT molecular complexity index is 1190. The molecule has 0 aliphatic heterocycles. The lowest BCUT2D eigenvalue weighted by atomic mass is 9.99. The Morgan fingerprint density at radius 3 is 2.53 bits per heavy atom. The zero-order valence-electron chi connectivity index (χ0n) is 17.8. The van der Waals surface area contributed by atoms with Crippen molar-refractivity contribution in [3.63, 3.8) is 0 Å². The van der Waals surface area contributed by atoms with E-state index in [0.717, 1.165) is 48.0 Å². The van der Waals surface area contributed by atoms with Crippen LogP contribution in [0.3, 0.4) is 0 Å². The average Bonchev–Trinajstić information content (AvgIpc) is 2.83. The Kier molecular flexibility index (Phi) is 5.85. The number of aromatic carboxylic acids is 1. The molecule has 0 saturated carbocycles. The number of pyridine rings is 1. The maximum atomic E-state index is 12.3. The van der Waals surface area contributed by atoms with Gasteiger partial charge in [0.1, 0.15) is 5.56 Å². The first-order valence-electron chi connectivity index (χ1n) is 10.00. The third-order valence-electron chi connectivity index (χ3n) is 5.68. The number of aryl methyl sites for hydroxylation is 3. The van der Waals surface area contributed by atoms with Gasteiger partial charge in [-0.2, -0.15) is 0 Å². The summed E-state index contributed by atoms with van der Waals surface area (Å²) in [5.74, 6) is -1.19. The minimum Gasteiger partial charge on any atom is -0.477 e. The van der Waals surface area contributed by atoms with Crippen LogP contribution in [0, 0.1) is 0 Å². The summed E-state index contributed by atoms with van der Waals surface area (Å²) in [6.07, 6.45) is 2.56. The van der Waals surface area contributed by atoms with Crippen LogP contribution in [-0.2, 0) is 26.4 Å². The van der Waals surface area contributed by atoms with Crippen LogP contribution < -0.4 is 10.9 Å². The molecule has 2 heterocycles. The van der Waals surface area contributed by atoms with Crippen molar-refractivity contribution >= 4 is 29.3 Å². The molecule has 0 bridgehead atoms. The summed E-state index contributed by atoms with van der Waals surface area (Å²) >= 11 is 0. The molecule has 6 nitrogen and oxygen atoms in total. The predicted molar refractivity (Wildman–Crippen MR) is 122 cm³/mol. The topological polar surface area (TPSA) is 87.1 Å². The zero-order chi connectivity index (χ0) is 20.9. The van der Waals surface area contributed by atoms with Crippen molar-refractivity contribution < 1.29 is 9.90 Å². The van der Waals surface area contributed by atoms with E-state index in [4.69, 9.17) is 0 Å². The maximum absolute atomic E-state index is 12.3. The molecule has 2 aromatic heterocycles. The quantitative estimate of drug-likeness (QED) is 0.586. The monoisotopic (exact) mass is 429 g/mol. The number of aromatic nitrogens is 2. The van der Waals surface area contributed by atoms with Crippen LogP contribution >= 0.6 is 12.4 Å². The fourth-order valence-electron chi connectivity index (χ4n) is 4.09. The smallest absolute Gasteiger partial charge is 0.341 e. The largest absolute Gasteiger partial charge is 0.477 e.